The van der Waals surface area contributed by atoms with Crippen molar-refractivity contribution in [2.24, 2.45) is 5.92 Å². The first kappa shape index (κ1) is 12.1. The van der Waals surface area contributed by atoms with Gasteiger partial charge in [-0.15, -0.1) is 0 Å². The average Bonchev–Trinajstić information content (AvgIpc) is 2.72. The van der Waals surface area contributed by atoms with E-state index in [9.17, 15) is 8.78 Å². The van der Waals surface area contributed by atoms with Crippen molar-refractivity contribution in [1.29, 1.82) is 0 Å². The van der Waals surface area contributed by atoms with Gasteiger partial charge < -0.3 is 10.6 Å². The molecule has 0 aliphatic carbocycles. The number of nitrogens with zero attached hydrogens (tertiary/aromatic N) is 1. The molecule has 0 spiro atoms. The Morgan fingerprint density at radius 3 is 2.71 bits per heavy atom. The molecule has 1 aromatic rings. The fourth-order valence-electron chi connectivity index (χ4n) is 2.59. The standard InChI is InChI=1S/C13H18F2N2/c1-8(2)11-4-3-5-17(11)12-7-9(14)6-10(15)13(12)16/h6-8,11H,3-5,16H2,1-2H3. The Hall–Kier alpha value is -1.32. The van der Waals surface area contributed by atoms with E-state index in [1.807, 2.05) is 4.90 Å². The molecule has 0 radical (unpaired) electrons. The van der Waals surface area contributed by atoms with Crippen LogP contribution in [0.15, 0.2) is 12.1 Å². The molecule has 0 bridgehead atoms. The monoisotopic (exact) mass is 240 g/mol. The first-order valence-corrected chi connectivity index (χ1v) is 6.02. The van der Waals surface area contributed by atoms with Gasteiger partial charge in [0.05, 0.1) is 11.4 Å². The lowest BCUT2D eigenvalue weighted by Gasteiger charge is -2.30. The van der Waals surface area contributed by atoms with Crippen LogP contribution in [0.2, 0.25) is 0 Å². The van der Waals surface area contributed by atoms with Gasteiger partial charge in [0.2, 0.25) is 0 Å². The maximum absolute atomic E-state index is 13.4. The Balaban J connectivity index is 2.39. The van der Waals surface area contributed by atoms with Crippen LogP contribution in [0.1, 0.15) is 26.7 Å². The molecule has 2 N–H and O–H groups in total. The Morgan fingerprint density at radius 2 is 2.06 bits per heavy atom. The van der Waals surface area contributed by atoms with Crippen LogP contribution >= 0.6 is 0 Å². The van der Waals surface area contributed by atoms with Crippen LogP contribution in [0.4, 0.5) is 20.2 Å². The lowest BCUT2D eigenvalue weighted by Crippen LogP contribution is -2.34. The third-order valence-corrected chi connectivity index (χ3v) is 3.45. The Labute approximate surface area is 100 Å². The molecular formula is C13H18F2N2. The summed E-state index contributed by atoms with van der Waals surface area (Å²) >= 11 is 0. The van der Waals surface area contributed by atoms with Crippen LogP contribution < -0.4 is 10.6 Å². The Kier molecular flexibility index (Phi) is 3.22. The van der Waals surface area contributed by atoms with Gasteiger partial charge in [-0.05, 0) is 24.8 Å². The first-order chi connectivity index (χ1) is 8.00. The molecule has 1 unspecified atom stereocenters. The molecule has 0 amide bonds. The number of anilines is 2. The summed E-state index contributed by atoms with van der Waals surface area (Å²) in [6, 6.07) is 2.48. The number of benzene rings is 1. The van der Waals surface area contributed by atoms with Crippen molar-refractivity contribution < 1.29 is 8.78 Å². The molecule has 2 nitrogen and oxygen atoms in total. The summed E-state index contributed by atoms with van der Waals surface area (Å²) < 4.78 is 26.7. The van der Waals surface area contributed by atoms with Crippen molar-refractivity contribution >= 4 is 11.4 Å². The van der Waals surface area contributed by atoms with Crippen LogP contribution in [0.3, 0.4) is 0 Å². The van der Waals surface area contributed by atoms with Crippen LogP contribution in [0.25, 0.3) is 0 Å². The number of rotatable bonds is 2. The molecule has 1 aromatic carbocycles. The molecule has 1 fully saturated rings. The fraction of sp³-hybridized carbons (Fsp3) is 0.538. The van der Waals surface area contributed by atoms with Crippen molar-refractivity contribution in [3.63, 3.8) is 0 Å². The molecule has 1 aliphatic heterocycles. The highest BCUT2D eigenvalue weighted by molar-refractivity contribution is 5.69. The van der Waals surface area contributed by atoms with Gasteiger partial charge in [0.25, 0.3) is 0 Å². The molecule has 17 heavy (non-hydrogen) atoms. The number of nitrogen functional groups attached to an aromatic ring is 1. The molecular weight excluding hydrogens is 222 g/mol. The number of nitrogens with two attached hydrogens (primary N) is 1. The van der Waals surface area contributed by atoms with Crippen molar-refractivity contribution in [3.05, 3.63) is 23.8 Å². The largest absolute Gasteiger partial charge is 0.395 e. The molecule has 1 aliphatic rings. The van der Waals surface area contributed by atoms with Gasteiger partial charge in [-0.2, -0.15) is 0 Å². The van der Waals surface area contributed by atoms with E-state index in [0.717, 1.165) is 25.5 Å². The van der Waals surface area contributed by atoms with E-state index >= 15 is 0 Å². The van der Waals surface area contributed by atoms with Crippen LogP contribution in [-0.4, -0.2) is 12.6 Å². The summed E-state index contributed by atoms with van der Waals surface area (Å²) in [6.45, 7) is 5.06. The minimum Gasteiger partial charge on any atom is -0.395 e. The number of halogens is 2. The van der Waals surface area contributed by atoms with Crippen molar-refractivity contribution in [2.45, 2.75) is 32.7 Å². The highest BCUT2D eigenvalue weighted by Gasteiger charge is 2.29. The van der Waals surface area contributed by atoms with Crippen LogP contribution in [0, 0.1) is 17.6 Å². The summed E-state index contributed by atoms with van der Waals surface area (Å²) in [5, 5.41) is 0. The average molecular weight is 240 g/mol. The summed E-state index contributed by atoms with van der Waals surface area (Å²) in [7, 11) is 0. The van der Waals surface area contributed by atoms with Crippen molar-refractivity contribution in [1.82, 2.24) is 0 Å². The second-order valence-corrected chi connectivity index (χ2v) is 4.97. The SMILES string of the molecule is CC(C)C1CCCN1c1cc(F)cc(F)c1N. The molecule has 0 aromatic heterocycles. The zero-order valence-electron chi connectivity index (χ0n) is 10.2. The van der Waals surface area contributed by atoms with Gasteiger partial charge in [0.15, 0.2) is 5.82 Å². The zero-order valence-corrected chi connectivity index (χ0v) is 10.2. The van der Waals surface area contributed by atoms with Crippen LogP contribution in [0.5, 0.6) is 0 Å². The van der Waals surface area contributed by atoms with E-state index in [1.54, 1.807) is 0 Å². The maximum atomic E-state index is 13.4. The zero-order chi connectivity index (χ0) is 12.6. The van der Waals surface area contributed by atoms with Crippen molar-refractivity contribution in [3.8, 4) is 0 Å². The second kappa shape index (κ2) is 4.51. The minimum atomic E-state index is -0.672. The third kappa shape index (κ3) is 2.21. The molecule has 94 valence electrons. The van der Waals surface area contributed by atoms with Gasteiger partial charge in [-0.1, -0.05) is 13.8 Å². The van der Waals surface area contributed by atoms with Gasteiger partial charge in [0, 0.05) is 18.7 Å². The summed E-state index contributed by atoms with van der Waals surface area (Å²) in [6.07, 6.45) is 2.09. The lowest BCUT2D eigenvalue weighted by molar-refractivity contribution is 0.490. The molecule has 4 heteroatoms. The first-order valence-electron chi connectivity index (χ1n) is 6.02. The Bertz CT molecular complexity index is 418. The molecule has 0 saturated carbocycles. The third-order valence-electron chi connectivity index (χ3n) is 3.45. The summed E-state index contributed by atoms with van der Waals surface area (Å²) in [4.78, 5) is 2.03. The maximum Gasteiger partial charge on any atom is 0.151 e. The summed E-state index contributed by atoms with van der Waals surface area (Å²) in [5.74, 6) is -0.793. The minimum absolute atomic E-state index is 0.0546. The lowest BCUT2D eigenvalue weighted by atomic mass is 10.0. The quantitative estimate of drug-likeness (QED) is 0.804. The molecule has 1 saturated heterocycles. The number of hydrogen-bond donors (Lipinski definition) is 1. The van der Waals surface area contributed by atoms with E-state index in [4.69, 9.17) is 5.73 Å². The van der Waals surface area contributed by atoms with Gasteiger partial charge >= 0.3 is 0 Å². The molecule has 1 atom stereocenters. The van der Waals surface area contributed by atoms with Crippen LogP contribution in [-0.2, 0) is 0 Å². The topological polar surface area (TPSA) is 29.3 Å². The predicted molar refractivity (Wildman–Crippen MR) is 66.0 cm³/mol. The van der Waals surface area contributed by atoms with E-state index in [-0.39, 0.29) is 5.69 Å². The number of hydrogen-bond acceptors (Lipinski definition) is 2. The van der Waals surface area contributed by atoms with Gasteiger partial charge in [-0.25, -0.2) is 8.78 Å². The Morgan fingerprint density at radius 1 is 1.35 bits per heavy atom. The fourth-order valence-corrected chi connectivity index (χ4v) is 2.59. The van der Waals surface area contributed by atoms with E-state index < -0.39 is 11.6 Å². The van der Waals surface area contributed by atoms with Gasteiger partial charge in [0.1, 0.15) is 5.82 Å². The van der Waals surface area contributed by atoms with Crippen molar-refractivity contribution in [2.75, 3.05) is 17.2 Å². The normalized spacial score (nSPS) is 20.3. The highest BCUT2D eigenvalue weighted by Crippen LogP contribution is 2.35. The van der Waals surface area contributed by atoms with E-state index in [2.05, 4.69) is 13.8 Å². The summed E-state index contributed by atoms with van der Waals surface area (Å²) in [5.41, 5.74) is 6.26. The van der Waals surface area contributed by atoms with E-state index in [1.165, 1.54) is 6.07 Å². The second-order valence-electron chi connectivity index (χ2n) is 4.97. The predicted octanol–water partition coefficient (Wildman–Crippen LogP) is 3.17. The smallest absolute Gasteiger partial charge is 0.151 e. The highest BCUT2D eigenvalue weighted by atomic mass is 19.1. The van der Waals surface area contributed by atoms with Gasteiger partial charge in [-0.3, -0.25) is 0 Å². The van der Waals surface area contributed by atoms with E-state index in [0.29, 0.717) is 17.6 Å². The molecule has 2 rings (SSSR count). The molecule has 1 heterocycles.